The van der Waals surface area contributed by atoms with Crippen LogP contribution in [0.3, 0.4) is 0 Å². The van der Waals surface area contributed by atoms with Gasteiger partial charge < -0.3 is 0 Å². The maximum absolute atomic E-state index is 13.7. The molecule has 3 aromatic rings. The molecule has 0 saturated heterocycles. The Morgan fingerprint density at radius 3 is 2.62 bits per heavy atom. The van der Waals surface area contributed by atoms with Crippen LogP contribution < -0.4 is 11.2 Å². The minimum atomic E-state index is -0.644. The van der Waals surface area contributed by atoms with E-state index < -0.39 is 17.0 Å². The number of hydrogen-bond acceptors (Lipinski definition) is 5. The number of H-pyrrole nitrogens is 1. The topological polar surface area (TPSA) is 109 Å². The maximum Gasteiger partial charge on any atom is 0.329 e. The van der Waals surface area contributed by atoms with Gasteiger partial charge in [0.2, 0.25) is 5.78 Å². The Balaban J connectivity index is 2.26. The number of allylic oxidation sites excluding steroid dienone is 1. The van der Waals surface area contributed by atoms with E-state index in [1.165, 1.54) is 10.6 Å². The lowest BCUT2D eigenvalue weighted by molar-refractivity contribution is 0.102. The highest BCUT2D eigenvalue weighted by atomic mass is 16.2. The van der Waals surface area contributed by atoms with Crippen molar-refractivity contribution in [2.45, 2.75) is 40.2 Å². The van der Waals surface area contributed by atoms with Crippen molar-refractivity contribution in [3.05, 3.63) is 103 Å². The van der Waals surface area contributed by atoms with Gasteiger partial charge in [0.15, 0.2) is 0 Å². The molecule has 0 atom stereocenters. The Kier molecular flexibility index (Phi) is 6.64. The summed E-state index contributed by atoms with van der Waals surface area (Å²) in [7, 11) is 0. The van der Waals surface area contributed by atoms with Crippen molar-refractivity contribution >= 4 is 11.9 Å². The summed E-state index contributed by atoms with van der Waals surface area (Å²) in [5, 5.41) is 8.82. The molecule has 7 heteroatoms. The highest BCUT2D eigenvalue weighted by Gasteiger charge is 2.25. The molecule has 0 aliphatic heterocycles. The number of nitrogens with one attached hydrogen (secondary N) is 1. The number of rotatable bonds is 6. The molecule has 32 heavy (non-hydrogen) atoms. The molecule has 2 heterocycles. The van der Waals surface area contributed by atoms with Gasteiger partial charge >= 0.3 is 5.69 Å². The van der Waals surface area contributed by atoms with Gasteiger partial charge in [-0.3, -0.25) is 24.1 Å². The molecule has 162 valence electrons. The predicted molar refractivity (Wildman–Crippen MR) is 123 cm³/mol. The third-order valence-electron chi connectivity index (χ3n) is 5.04. The van der Waals surface area contributed by atoms with Crippen LogP contribution in [0, 0.1) is 25.2 Å². The standard InChI is InChI=1S/C25H24N4O3/c1-15(2)21-22(23(30)20-11-16(3)10-18(13-20)6-5-8-26)29(25(32)28-24(21)31)14-19-7-9-27-17(4)12-19/h5-7,9-13,15H,14H2,1-4H3,(H,28,31,32)/b6-5+. The van der Waals surface area contributed by atoms with Gasteiger partial charge in [-0.05, 0) is 66.8 Å². The van der Waals surface area contributed by atoms with Gasteiger partial charge in [-0.2, -0.15) is 5.26 Å². The maximum atomic E-state index is 13.7. The van der Waals surface area contributed by atoms with Crippen molar-refractivity contribution in [3.63, 3.8) is 0 Å². The third-order valence-corrected chi connectivity index (χ3v) is 5.04. The van der Waals surface area contributed by atoms with Crippen LogP contribution in [-0.4, -0.2) is 20.3 Å². The fourth-order valence-electron chi connectivity index (χ4n) is 3.71. The van der Waals surface area contributed by atoms with Crippen LogP contribution in [0.5, 0.6) is 0 Å². The Labute approximate surface area is 185 Å². The molecule has 1 N–H and O–H groups in total. The first kappa shape index (κ1) is 22.6. The van der Waals surface area contributed by atoms with E-state index in [1.807, 2.05) is 45.9 Å². The summed E-state index contributed by atoms with van der Waals surface area (Å²) in [4.78, 5) is 45.8. The zero-order chi connectivity index (χ0) is 23.4. The summed E-state index contributed by atoms with van der Waals surface area (Å²) in [5.41, 5.74) is 2.55. The van der Waals surface area contributed by atoms with Crippen LogP contribution in [0.15, 0.2) is 52.2 Å². The summed E-state index contributed by atoms with van der Waals surface area (Å²) >= 11 is 0. The van der Waals surface area contributed by atoms with Crippen LogP contribution in [0.25, 0.3) is 6.08 Å². The number of pyridine rings is 1. The molecule has 0 spiro atoms. The second-order valence-electron chi connectivity index (χ2n) is 7.99. The summed E-state index contributed by atoms with van der Waals surface area (Å²) in [5.74, 6) is -0.704. The third kappa shape index (κ3) is 4.81. The van der Waals surface area contributed by atoms with Gasteiger partial charge in [0.05, 0.1) is 12.6 Å². The second-order valence-corrected chi connectivity index (χ2v) is 7.99. The lowest BCUT2D eigenvalue weighted by Crippen LogP contribution is -2.38. The molecule has 0 fully saturated rings. The van der Waals surface area contributed by atoms with Gasteiger partial charge in [-0.15, -0.1) is 0 Å². The monoisotopic (exact) mass is 428 g/mol. The molecule has 0 aliphatic carbocycles. The molecule has 0 aliphatic rings. The largest absolute Gasteiger partial charge is 0.329 e. The molecular formula is C25H24N4O3. The number of nitrogens with zero attached hydrogens (tertiary/aromatic N) is 3. The first-order valence-electron chi connectivity index (χ1n) is 10.2. The Morgan fingerprint density at radius 1 is 1.22 bits per heavy atom. The lowest BCUT2D eigenvalue weighted by Gasteiger charge is -2.18. The zero-order valence-electron chi connectivity index (χ0n) is 18.5. The van der Waals surface area contributed by atoms with E-state index in [2.05, 4.69) is 9.97 Å². The first-order chi connectivity index (χ1) is 15.2. The molecule has 2 aromatic heterocycles. The quantitative estimate of drug-likeness (QED) is 0.478. The predicted octanol–water partition coefficient (Wildman–Crippen LogP) is 3.49. The molecule has 1 aromatic carbocycles. The van der Waals surface area contributed by atoms with Crippen LogP contribution in [0.2, 0.25) is 0 Å². The number of aryl methyl sites for hydroxylation is 2. The van der Waals surface area contributed by atoms with E-state index >= 15 is 0 Å². The molecule has 7 nitrogen and oxygen atoms in total. The van der Waals surface area contributed by atoms with Crippen molar-refractivity contribution in [2.24, 2.45) is 0 Å². The van der Waals surface area contributed by atoms with E-state index in [0.29, 0.717) is 11.1 Å². The van der Waals surface area contributed by atoms with Gasteiger partial charge in [-0.1, -0.05) is 19.9 Å². The molecular weight excluding hydrogens is 404 g/mol. The molecule has 0 bridgehead atoms. The van der Waals surface area contributed by atoms with E-state index in [9.17, 15) is 14.4 Å². The van der Waals surface area contributed by atoms with Crippen LogP contribution in [0.4, 0.5) is 0 Å². The zero-order valence-corrected chi connectivity index (χ0v) is 18.5. The van der Waals surface area contributed by atoms with Crippen molar-refractivity contribution in [3.8, 4) is 6.07 Å². The second kappa shape index (κ2) is 9.40. The SMILES string of the molecule is Cc1cc(/C=C/C#N)cc(C(=O)c2c(C(C)C)c(=O)[nH]c(=O)n2Cc2ccnc(C)c2)c1. The fourth-order valence-corrected chi connectivity index (χ4v) is 3.71. The lowest BCUT2D eigenvalue weighted by atomic mass is 9.95. The summed E-state index contributed by atoms with van der Waals surface area (Å²) in [6.45, 7) is 7.42. The highest BCUT2D eigenvalue weighted by molar-refractivity contribution is 6.09. The number of aromatic amines is 1. The molecule has 0 amide bonds. The summed E-state index contributed by atoms with van der Waals surface area (Å²) in [6, 6.07) is 10.7. The van der Waals surface area contributed by atoms with E-state index in [-0.39, 0.29) is 23.7 Å². The fraction of sp³-hybridized carbons (Fsp3) is 0.240. The summed E-state index contributed by atoms with van der Waals surface area (Å²) in [6.07, 6.45) is 4.58. The Bertz CT molecular complexity index is 1370. The number of nitriles is 1. The Morgan fingerprint density at radius 2 is 1.97 bits per heavy atom. The van der Waals surface area contributed by atoms with Gasteiger partial charge in [0.25, 0.3) is 5.56 Å². The van der Waals surface area contributed by atoms with Gasteiger partial charge in [-0.25, -0.2) is 4.79 Å². The average Bonchev–Trinajstić information content (AvgIpc) is 2.72. The number of carbonyl (C=O) groups is 1. The molecule has 0 saturated carbocycles. The van der Waals surface area contributed by atoms with Crippen molar-refractivity contribution in [1.82, 2.24) is 14.5 Å². The number of ketones is 1. The van der Waals surface area contributed by atoms with Crippen molar-refractivity contribution in [2.75, 3.05) is 0 Å². The minimum absolute atomic E-state index is 0.0732. The average molecular weight is 428 g/mol. The number of aromatic nitrogens is 3. The highest BCUT2D eigenvalue weighted by Crippen LogP contribution is 2.21. The first-order valence-corrected chi connectivity index (χ1v) is 10.2. The smallest absolute Gasteiger partial charge is 0.287 e. The van der Waals surface area contributed by atoms with Crippen LogP contribution in [0.1, 0.15) is 63.8 Å². The summed E-state index contributed by atoms with van der Waals surface area (Å²) < 4.78 is 1.32. The van der Waals surface area contributed by atoms with Crippen molar-refractivity contribution in [1.29, 1.82) is 5.26 Å². The number of hydrogen-bond donors (Lipinski definition) is 1. The van der Waals surface area contributed by atoms with Crippen LogP contribution in [-0.2, 0) is 6.54 Å². The Hall–Kier alpha value is -4.05. The van der Waals surface area contributed by atoms with E-state index in [1.54, 1.807) is 30.5 Å². The van der Waals surface area contributed by atoms with Crippen molar-refractivity contribution < 1.29 is 4.79 Å². The van der Waals surface area contributed by atoms with E-state index in [4.69, 9.17) is 5.26 Å². The molecule has 3 rings (SSSR count). The van der Waals surface area contributed by atoms with Gasteiger partial charge in [0.1, 0.15) is 5.69 Å². The van der Waals surface area contributed by atoms with Crippen LogP contribution >= 0.6 is 0 Å². The minimum Gasteiger partial charge on any atom is -0.287 e. The van der Waals surface area contributed by atoms with Gasteiger partial charge in [0, 0.05) is 29.1 Å². The van der Waals surface area contributed by atoms with E-state index in [0.717, 1.165) is 16.8 Å². The normalized spacial score (nSPS) is 11.1. The number of carbonyl (C=O) groups excluding carboxylic acids is 1. The molecule has 0 radical (unpaired) electrons. The molecule has 0 unspecified atom stereocenters. The number of benzene rings is 1.